The Morgan fingerprint density at radius 2 is 2.44 bits per heavy atom. The van der Waals surface area contributed by atoms with Crippen molar-refractivity contribution in [2.75, 3.05) is 29.9 Å². The van der Waals surface area contributed by atoms with E-state index in [9.17, 15) is 4.79 Å². The van der Waals surface area contributed by atoms with Crippen LogP contribution in [0, 0.1) is 0 Å². The third-order valence-corrected chi connectivity index (χ3v) is 3.17. The van der Waals surface area contributed by atoms with E-state index in [1.54, 1.807) is 12.4 Å². The van der Waals surface area contributed by atoms with Crippen LogP contribution in [0.25, 0.3) is 0 Å². The van der Waals surface area contributed by atoms with Gasteiger partial charge in [0.2, 0.25) is 5.91 Å². The maximum absolute atomic E-state index is 11.6. The number of rotatable bonds is 1. The number of pyridine rings is 1. The first-order valence-electron chi connectivity index (χ1n) is 5.56. The van der Waals surface area contributed by atoms with Gasteiger partial charge in [-0.15, -0.1) is 0 Å². The minimum absolute atomic E-state index is 0.0485. The van der Waals surface area contributed by atoms with Gasteiger partial charge in [0.1, 0.15) is 0 Å². The van der Waals surface area contributed by atoms with Crippen LogP contribution in [0.3, 0.4) is 0 Å². The van der Waals surface area contributed by atoms with Crippen LogP contribution in [0.4, 0.5) is 11.4 Å². The largest absolute Gasteiger partial charge is 0.356 e. The van der Waals surface area contributed by atoms with Crippen LogP contribution >= 0.6 is 0 Å². The monoisotopic (exact) mass is 218 g/mol. The number of aromatic nitrogens is 1. The fourth-order valence-electron chi connectivity index (χ4n) is 2.39. The normalized spacial score (nSPS) is 24.1. The van der Waals surface area contributed by atoms with Crippen molar-refractivity contribution in [1.29, 1.82) is 0 Å². The van der Waals surface area contributed by atoms with Gasteiger partial charge in [-0.3, -0.25) is 9.78 Å². The Balaban J connectivity index is 1.96. The molecule has 1 aromatic heterocycles. The second kappa shape index (κ2) is 3.75. The van der Waals surface area contributed by atoms with E-state index in [-0.39, 0.29) is 5.91 Å². The highest BCUT2D eigenvalue weighted by Gasteiger charge is 2.29. The predicted octanol–water partition coefficient (Wildman–Crippen LogP) is 0.202. The minimum atomic E-state index is 0.0485. The van der Waals surface area contributed by atoms with Crippen LogP contribution in [-0.4, -0.2) is 36.6 Å². The number of amides is 1. The lowest BCUT2D eigenvalue weighted by Gasteiger charge is -2.34. The van der Waals surface area contributed by atoms with Crippen molar-refractivity contribution in [3.63, 3.8) is 0 Å². The predicted molar refractivity (Wildman–Crippen MR) is 61.5 cm³/mol. The number of nitrogens with one attached hydrogen (secondary N) is 2. The summed E-state index contributed by atoms with van der Waals surface area (Å²) in [4.78, 5) is 17.8. The van der Waals surface area contributed by atoms with E-state index < -0.39 is 0 Å². The fourth-order valence-corrected chi connectivity index (χ4v) is 2.39. The number of anilines is 2. The second-order valence-corrected chi connectivity index (χ2v) is 4.22. The molecule has 0 saturated carbocycles. The lowest BCUT2D eigenvalue weighted by atomic mass is 10.1. The van der Waals surface area contributed by atoms with E-state index in [0.717, 1.165) is 30.9 Å². The van der Waals surface area contributed by atoms with Crippen LogP contribution in [0.15, 0.2) is 18.5 Å². The molecule has 1 saturated heterocycles. The number of hydrogen-bond donors (Lipinski definition) is 2. The molecule has 5 heteroatoms. The van der Waals surface area contributed by atoms with Crippen LogP contribution in [0.1, 0.15) is 6.42 Å². The molecule has 1 amide bonds. The van der Waals surface area contributed by atoms with Crippen molar-refractivity contribution in [1.82, 2.24) is 10.3 Å². The number of carbonyl (C=O) groups excluding carboxylic acids is 1. The minimum Gasteiger partial charge on any atom is -0.356 e. The van der Waals surface area contributed by atoms with Gasteiger partial charge >= 0.3 is 0 Å². The Morgan fingerprint density at radius 1 is 1.50 bits per heavy atom. The summed E-state index contributed by atoms with van der Waals surface area (Å²) < 4.78 is 0. The lowest BCUT2D eigenvalue weighted by molar-refractivity contribution is -0.115. The van der Waals surface area contributed by atoms with E-state index in [1.165, 1.54) is 0 Å². The third kappa shape index (κ3) is 1.53. The van der Waals surface area contributed by atoms with Gasteiger partial charge in [-0.2, -0.15) is 0 Å². The first-order valence-corrected chi connectivity index (χ1v) is 5.56. The molecule has 0 aliphatic carbocycles. The second-order valence-electron chi connectivity index (χ2n) is 4.22. The number of fused-ring (bicyclic) bond motifs is 1. The van der Waals surface area contributed by atoms with Crippen LogP contribution in [-0.2, 0) is 4.79 Å². The van der Waals surface area contributed by atoms with Gasteiger partial charge in [0.15, 0.2) is 0 Å². The molecule has 2 aliphatic rings. The Bertz CT molecular complexity index is 414. The Hall–Kier alpha value is -1.62. The zero-order chi connectivity index (χ0) is 11.0. The first-order chi connectivity index (χ1) is 7.84. The molecule has 84 valence electrons. The maximum atomic E-state index is 11.6. The summed E-state index contributed by atoms with van der Waals surface area (Å²) in [6, 6.07) is 2.39. The third-order valence-electron chi connectivity index (χ3n) is 3.17. The number of nitrogens with zero attached hydrogens (tertiary/aromatic N) is 2. The highest BCUT2D eigenvalue weighted by molar-refractivity contribution is 6.01. The summed E-state index contributed by atoms with van der Waals surface area (Å²) in [7, 11) is 0. The quantitative estimate of drug-likeness (QED) is 0.707. The fraction of sp³-hybridized carbons (Fsp3) is 0.455. The van der Waals surface area contributed by atoms with Crippen molar-refractivity contribution in [2.24, 2.45) is 0 Å². The van der Waals surface area contributed by atoms with Crippen LogP contribution in [0.5, 0.6) is 0 Å². The average Bonchev–Trinajstić information content (AvgIpc) is 2.81. The molecule has 5 nitrogen and oxygen atoms in total. The topological polar surface area (TPSA) is 57.3 Å². The highest BCUT2D eigenvalue weighted by atomic mass is 16.2. The Morgan fingerprint density at radius 3 is 3.25 bits per heavy atom. The summed E-state index contributed by atoms with van der Waals surface area (Å²) in [5, 5.41) is 6.18. The lowest BCUT2D eigenvalue weighted by Crippen LogP contribution is -2.45. The van der Waals surface area contributed by atoms with Crippen molar-refractivity contribution in [2.45, 2.75) is 12.5 Å². The molecule has 16 heavy (non-hydrogen) atoms. The molecule has 3 rings (SSSR count). The number of hydrogen-bond acceptors (Lipinski definition) is 4. The Labute approximate surface area is 93.9 Å². The van der Waals surface area contributed by atoms with Crippen molar-refractivity contribution >= 4 is 17.3 Å². The van der Waals surface area contributed by atoms with Crippen LogP contribution < -0.4 is 15.5 Å². The van der Waals surface area contributed by atoms with E-state index in [0.29, 0.717) is 12.6 Å². The number of carbonyl (C=O) groups is 1. The zero-order valence-corrected chi connectivity index (χ0v) is 8.94. The summed E-state index contributed by atoms with van der Waals surface area (Å²) >= 11 is 0. The van der Waals surface area contributed by atoms with Gasteiger partial charge in [0.25, 0.3) is 0 Å². The molecule has 1 atom stereocenters. The van der Waals surface area contributed by atoms with Gasteiger partial charge in [0, 0.05) is 18.8 Å². The van der Waals surface area contributed by atoms with Crippen molar-refractivity contribution in [3.8, 4) is 0 Å². The molecular formula is C11H14N4O. The van der Waals surface area contributed by atoms with E-state index in [4.69, 9.17) is 0 Å². The standard InChI is InChI=1S/C11H14N4O/c16-11-7-15(8-1-3-12-5-8)10-2-4-13-6-9(10)14-11/h2,4,6,8,12H,1,3,5,7H2,(H,14,16). The van der Waals surface area contributed by atoms with Gasteiger partial charge in [-0.05, 0) is 19.0 Å². The molecule has 0 bridgehead atoms. The maximum Gasteiger partial charge on any atom is 0.244 e. The summed E-state index contributed by atoms with van der Waals surface area (Å²) in [5.74, 6) is 0.0485. The zero-order valence-electron chi connectivity index (χ0n) is 8.94. The van der Waals surface area contributed by atoms with E-state index >= 15 is 0 Å². The van der Waals surface area contributed by atoms with Crippen LogP contribution in [0.2, 0.25) is 0 Å². The smallest absolute Gasteiger partial charge is 0.244 e. The summed E-state index contributed by atoms with van der Waals surface area (Å²) in [6.45, 7) is 2.43. The molecule has 1 unspecified atom stereocenters. The summed E-state index contributed by atoms with van der Waals surface area (Å²) in [6.07, 6.45) is 4.57. The van der Waals surface area contributed by atoms with E-state index in [1.807, 2.05) is 6.07 Å². The Kier molecular flexibility index (Phi) is 2.25. The van der Waals surface area contributed by atoms with Crippen molar-refractivity contribution in [3.05, 3.63) is 18.5 Å². The molecule has 2 aliphatic heterocycles. The molecule has 3 heterocycles. The molecule has 1 aromatic rings. The molecule has 2 N–H and O–H groups in total. The highest BCUT2D eigenvalue weighted by Crippen LogP contribution is 2.30. The average molecular weight is 218 g/mol. The van der Waals surface area contributed by atoms with Gasteiger partial charge < -0.3 is 15.5 Å². The van der Waals surface area contributed by atoms with Gasteiger partial charge in [-0.25, -0.2) is 0 Å². The SMILES string of the molecule is O=C1CN(C2CCNC2)c2ccncc2N1. The first kappa shape index (κ1) is 9.59. The molecule has 0 radical (unpaired) electrons. The molecular weight excluding hydrogens is 204 g/mol. The summed E-state index contributed by atoms with van der Waals surface area (Å²) in [5.41, 5.74) is 1.91. The van der Waals surface area contributed by atoms with Crippen molar-refractivity contribution < 1.29 is 4.79 Å². The van der Waals surface area contributed by atoms with E-state index in [2.05, 4.69) is 20.5 Å². The molecule has 0 spiro atoms. The van der Waals surface area contributed by atoms with Gasteiger partial charge in [-0.1, -0.05) is 0 Å². The molecule has 0 aromatic carbocycles. The van der Waals surface area contributed by atoms with Gasteiger partial charge in [0.05, 0.1) is 24.1 Å². The molecule has 1 fully saturated rings.